The molecule has 0 aromatic heterocycles. The Balaban J connectivity index is 1.59. The van der Waals surface area contributed by atoms with Crippen molar-refractivity contribution in [3.63, 3.8) is 0 Å². The predicted octanol–water partition coefficient (Wildman–Crippen LogP) is 6.09. The predicted molar refractivity (Wildman–Crippen MR) is 111 cm³/mol. The Morgan fingerprint density at radius 1 is 0.704 bits per heavy atom. The van der Waals surface area contributed by atoms with E-state index in [-0.39, 0.29) is 0 Å². The zero-order valence-corrected chi connectivity index (χ0v) is 16.2. The quantitative estimate of drug-likeness (QED) is 0.460. The number of hydrogen-bond acceptors (Lipinski definition) is 2. The summed E-state index contributed by atoms with van der Waals surface area (Å²) in [5, 5.41) is 0. The van der Waals surface area contributed by atoms with Crippen molar-refractivity contribution in [1.82, 2.24) is 0 Å². The van der Waals surface area contributed by atoms with E-state index in [2.05, 4.69) is 61.5 Å². The number of para-hydroxylation sites is 1. The molecule has 0 radical (unpaired) electrons. The van der Waals surface area contributed by atoms with Crippen LogP contribution < -0.4 is 9.47 Å². The normalized spacial score (nSPS) is 11.8. The first-order valence-electron chi connectivity index (χ1n) is 9.71. The molecule has 0 aliphatic heterocycles. The lowest BCUT2D eigenvalue weighted by Gasteiger charge is -2.16. The van der Waals surface area contributed by atoms with Crippen LogP contribution >= 0.6 is 0 Å². The van der Waals surface area contributed by atoms with Crippen LogP contribution in [0.5, 0.6) is 11.5 Å². The largest absolute Gasteiger partial charge is 0.494 e. The van der Waals surface area contributed by atoms with Gasteiger partial charge in [-0.1, -0.05) is 67.6 Å². The van der Waals surface area contributed by atoms with Crippen molar-refractivity contribution in [3.05, 3.63) is 95.6 Å². The second-order valence-electron chi connectivity index (χ2n) is 6.97. The van der Waals surface area contributed by atoms with Crippen molar-refractivity contribution in [2.24, 2.45) is 5.92 Å². The van der Waals surface area contributed by atoms with Gasteiger partial charge in [-0.15, -0.1) is 0 Å². The highest BCUT2D eigenvalue weighted by Crippen LogP contribution is 2.24. The first-order valence-corrected chi connectivity index (χ1v) is 9.71. The lowest BCUT2D eigenvalue weighted by molar-refractivity contribution is 0.301. The highest BCUT2D eigenvalue weighted by Gasteiger charge is 2.10. The molecule has 140 valence electrons. The topological polar surface area (TPSA) is 18.5 Å². The van der Waals surface area contributed by atoms with Gasteiger partial charge in [0, 0.05) is 0 Å². The molecule has 0 saturated carbocycles. The Morgan fingerprint density at radius 3 is 2.15 bits per heavy atom. The van der Waals surface area contributed by atoms with Crippen LogP contribution in [-0.4, -0.2) is 6.61 Å². The van der Waals surface area contributed by atoms with Crippen LogP contribution in [0.2, 0.25) is 0 Å². The molecular formula is C25H28O2. The molecule has 2 heteroatoms. The molecule has 0 bridgehead atoms. The van der Waals surface area contributed by atoms with Crippen LogP contribution in [0.25, 0.3) is 0 Å². The maximum Gasteiger partial charge on any atom is 0.123 e. The highest BCUT2D eigenvalue weighted by atomic mass is 16.5. The van der Waals surface area contributed by atoms with Crippen molar-refractivity contribution < 1.29 is 9.47 Å². The fraction of sp³-hybridized carbons (Fsp3) is 0.280. The van der Waals surface area contributed by atoms with E-state index in [1.54, 1.807) is 0 Å². The molecule has 3 aromatic carbocycles. The lowest BCUT2D eigenvalue weighted by Crippen LogP contribution is -2.06. The van der Waals surface area contributed by atoms with E-state index in [4.69, 9.17) is 9.47 Å². The summed E-state index contributed by atoms with van der Waals surface area (Å²) in [4.78, 5) is 0. The van der Waals surface area contributed by atoms with Gasteiger partial charge in [0.15, 0.2) is 0 Å². The van der Waals surface area contributed by atoms with Gasteiger partial charge in [-0.3, -0.25) is 0 Å². The summed E-state index contributed by atoms with van der Waals surface area (Å²) in [5.74, 6) is 2.46. The summed E-state index contributed by atoms with van der Waals surface area (Å²) in [6, 6.07) is 27.1. The first-order chi connectivity index (χ1) is 13.2. The first kappa shape index (κ1) is 19.0. The average Bonchev–Trinajstić information content (AvgIpc) is 2.70. The molecule has 0 heterocycles. The number of benzene rings is 3. The molecule has 0 saturated heterocycles. The molecule has 1 atom stereocenters. The highest BCUT2D eigenvalue weighted by molar-refractivity contribution is 5.34. The molecule has 3 aromatic rings. The Kier molecular flexibility index (Phi) is 6.92. The summed E-state index contributed by atoms with van der Waals surface area (Å²) in [6.45, 7) is 5.61. The van der Waals surface area contributed by atoms with Crippen LogP contribution in [0.15, 0.2) is 78.9 Å². The summed E-state index contributed by atoms with van der Waals surface area (Å²) in [5.41, 5.74) is 3.80. The van der Waals surface area contributed by atoms with Crippen molar-refractivity contribution in [2.45, 2.75) is 33.3 Å². The van der Waals surface area contributed by atoms with Gasteiger partial charge in [-0.2, -0.15) is 0 Å². The second kappa shape index (κ2) is 9.82. The van der Waals surface area contributed by atoms with Gasteiger partial charge < -0.3 is 9.47 Å². The van der Waals surface area contributed by atoms with Crippen LogP contribution in [-0.2, 0) is 19.4 Å². The monoisotopic (exact) mass is 360 g/mol. The Hall–Kier alpha value is -2.74. The number of hydrogen-bond donors (Lipinski definition) is 0. The smallest absolute Gasteiger partial charge is 0.123 e. The zero-order chi connectivity index (χ0) is 18.9. The standard InChI is InChI=1S/C25H28O2/c1-3-26-24-15-13-21(14-16-24)17-20(2)18-23-11-7-8-12-25(23)27-19-22-9-5-4-6-10-22/h4-16,20H,3,17-19H2,1-2H3. The van der Waals surface area contributed by atoms with Crippen molar-refractivity contribution >= 4 is 0 Å². The molecule has 0 N–H and O–H groups in total. The summed E-state index contributed by atoms with van der Waals surface area (Å²) < 4.78 is 11.6. The third-order valence-corrected chi connectivity index (χ3v) is 4.60. The SMILES string of the molecule is CCOc1ccc(CC(C)Cc2ccccc2OCc2ccccc2)cc1. The molecule has 2 nitrogen and oxygen atoms in total. The molecule has 27 heavy (non-hydrogen) atoms. The minimum atomic E-state index is 0.532. The minimum absolute atomic E-state index is 0.532. The summed E-state index contributed by atoms with van der Waals surface area (Å²) >= 11 is 0. The van der Waals surface area contributed by atoms with Crippen LogP contribution in [0.3, 0.4) is 0 Å². The molecule has 0 amide bonds. The van der Waals surface area contributed by atoms with E-state index in [1.165, 1.54) is 16.7 Å². The van der Waals surface area contributed by atoms with Crippen LogP contribution in [0, 0.1) is 5.92 Å². The molecule has 3 rings (SSSR count). The van der Waals surface area contributed by atoms with Gasteiger partial charge >= 0.3 is 0 Å². The van der Waals surface area contributed by atoms with Gasteiger partial charge in [0.1, 0.15) is 18.1 Å². The third kappa shape index (κ3) is 5.89. The van der Waals surface area contributed by atoms with Crippen LogP contribution in [0.4, 0.5) is 0 Å². The minimum Gasteiger partial charge on any atom is -0.494 e. The van der Waals surface area contributed by atoms with E-state index in [0.717, 1.165) is 24.3 Å². The lowest BCUT2D eigenvalue weighted by atomic mass is 9.94. The van der Waals surface area contributed by atoms with Gasteiger partial charge in [-0.05, 0) is 60.6 Å². The number of ether oxygens (including phenoxy) is 2. The van der Waals surface area contributed by atoms with E-state index >= 15 is 0 Å². The van der Waals surface area contributed by atoms with E-state index in [0.29, 0.717) is 19.1 Å². The van der Waals surface area contributed by atoms with Gasteiger partial charge in [0.25, 0.3) is 0 Å². The van der Waals surface area contributed by atoms with Crippen molar-refractivity contribution in [1.29, 1.82) is 0 Å². The Morgan fingerprint density at radius 2 is 1.41 bits per heavy atom. The zero-order valence-electron chi connectivity index (χ0n) is 16.2. The maximum absolute atomic E-state index is 6.10. The van der Waals surface area contributed by atoms with Gasteiger partial charge in [0.2, 0.25) is 0 Å². The average molecular weight is 360 g/mol. The van der Waals surface area contributed by atoms with E-state index < -0.39 is 0 Å². The molecule has 0 fully saturated rings. The fourth-order valence-corrected chi connectivity index (χ4v) is 3.29. The van der Waals surface area contributed by atoms with Gasteiger partial charge in [0.05, 0.1) is 6.61 Å². The maximum atomic E-state index is 6.10. The third-order valence-electron chi connectivity index (χ3n) is 4.60. The van der Waals surface area contributed by atoms with Crippen molar-refractivity contribution in [3.8, 4) is 11.5 Å². The Labute approximate surface area is 162 Å². The van der Waals surface area contributed by atoms with Crippen LogP contribution in [0.1, 0.15) is 30.5 Å². The molecular weight excluding hydrogens is 332 g/mol. The van der Waals surface area contributed by atoms with Gasteiger partial charge in [-0.25, -0.2) is 0 Å². The number of rotatable bonds is 9. The summed E-state index contributed by atoms with van der Waals surface area (Å²) in [7, 11) is 0. The van der Waals surface area contributed by atoms with E-state index in [9.17, 15) is 0 Å². The fourth-order valence-electron chi connectivity index (χ4n) is 3.29. The van der Waals surface area contributed by atoms with Crippen molar-refractivity contribution in [2.75, 3.05) is 6.61 Å². The summed E-state index contributed by atoms with van der Waals surface area (Å²) in [6.07, 6.45) is 2.04. The molecule has 1 unspecified atom stereocenters. The van der Waals surface area contributed by atoms with E-state index in [1.807, 2.05) is 31.2 Å². The molecule has 0 aliphatic rings. The second-order valence-corrected chi connectivity index (χ2v) is 6.97. The molecule has 0 aliphatic carbocycles. The molecule has 0 spiro atoms. The Bertz CT molecular complexity index is 809.